The normalized spacial score (nSPS) is 12.6. The fourth-order valence-corrected chi connectivity index (χ4v) is 11.6. The number of fused-ring (bicyclic) bond motifs is 3. The lowest BCUT2D eigenvalue weighted by molar-refractivity contribution is 0.0686. The van der Waals surface area contributed by atoms with Gasteiger partial charge in [0.15, 0.2) is 5.82 Å². The average molecular weight is 1400 g/mol. The van der Waals surface area contributed by atoms with Crippen molar-refractivity contribution in [3.63, 3.8) is 0 Å². The number of carboxylic acid groups (broad SMARTS) is 3. The molecule has 504 valence electrons. The molecule has 28 heteroatoms. The van der Waals surface area contributed by atoms with Crippen molar-refractivity contribution in [1.82, 2.24) is 45.8 Å². The molecule has 7 heterocycles. The van der Waals surface area contributed by atoms with Crippen LogP contribution in [0.2, 0.25) is 5.15 Å². The van der Waals surface area contributed by atoms with Gasteiger partial charge in [-0.2, -0.15) is 5.21 Å². The van der Waals surface area contributed by atoms with Crippen LogP contribution >= 0.6 is 11.6 Å². The van der Waals surface area contributed by atoms with Gasteiger partial charge in [0.25, 0.3) is 47.3 Å². The van der Waals surface area contributed by atoms with E-state index >= 15 is 0 Å². The predicted molar refractivity (Wildman–Crippen MR) is 374 cm³/mol. The molecule has 104 heavy (non-hydrogen) atoms. The summed E-state index contributed by atoms with van der Waals surface area (Å²) in [5, 5.41) is 51.8. The molecule has 16 rings (SSSR count). The average Bonchev–Trinajstić information content (AvgIpc) is 1.62. The van der Waals surface area contributed by atoms with Crippen molar-refractivity contribution in [2.75, 3.05) is 20.0 Å². The number of imide groups is 3. The number of H-pyrrole nitrogens is 1. The Hall–Kier alpha value is -15.0. The van der Waals surface area contributed by atoms with Crippen molar-refractivity contribution in [3.05, 3.63) is 298 Å². The number of nitrogens with zero attached hydrogens (tertiary/aromatic N) is 11. The molecule has 0 saturated carbocycles. The van der Waals surface area contributed by atoms with Crippen LogP contribution in [-0.4, -0.2) is 120 Å². The number of halogens is 1. The van der Waals surface area contributed by atoms with Crippen LogP contribution in [0.25, 0.3) is 67.9 Å². The number of rotatable bonds is 14. The molecule has 3 aliphatic heterocycles. The smallest absolute Gasteiger partial charge is 0.335 e. The van der Waals surface area contributed by atoms with E-state index in [2.05, 4.69) is 51.1 Å². The summed E-state index contributed by atoms with van der Waals surface area (Å²) < 4.78 is 5.82. The van der Waals surface area contributed by atoms with E-state index in [1.54, 1.807) is 60.7 Å². The molecule has 0 unspecified atom stereocenters. The van der Waals surface area contributed by atoms with Gasteiger partial charge in [-0.25, -0.2) is 44.0 Å². The molecule has 0 atom stereocenters. The number of pyridine rings is 1. The third-order valence-electron chi connectivity index (χ3n) is 16.5. The fraction of sp³-hybridized carbons (Fsp3) is 0. The number of hydrogen-bond acceptors (Lipinski definition) is 19. The largest absolute Gasteiger partial charge is 0.478 e. The number of carbonyl (C=O) groups is 10. The second-order valence-electron chi connectivity index (χ2n) is 22.9. The number of aromatic amines is 1. The molecule has 0 aliphatic carbocycles. The van der Waals surface area contributed by atoms with Crippen molar-refractivity contribution >= 4 is 93.9 Å². The lowest BCUT2D eigenvalue weighted by Gasteiger charge is -2.14. The first-order valence-corrected chi connectivity index (χ1v) is 31.4. The van der Waals surface area contributed by atoms with Gasteiger partial charge in [0.1, 0.15) is 10.8 Å². The highest BCUT2D eigenvalue weighted by Gasteiger charge is 2.40. The van der Waals surface area contributed by atoms with Gasteiger partial charge in [0, 0.05) is 33.9 Å². The van der Waals surface area contributed by atoms with Crippen molar-refractivity contribution in [2.45, 2.75) is 0 Å². The Kier molecular flexibility index (Phi) is 17.7. The monoisotopic (exact) mass is 1400 g/mol. The van der Waals surface area contributed by atoms with Crippen LogP contribution in [-0.2, 0) is 0 Å². The Morgan fingerprint density at radius 3 is 1.15 bits per heavy atom. The summed E-state index contributed by atoms with van der Waals surface area (Å²) in [7, 11) is 0. The highest BCUT2D eigenvalue weighted by Crippen LogP contribution is 2.36. The Morgan fingerprint density at radius 2 is 0.760 bits per heavy atom. The molecule has 9 aromatic carbocycles. The van der Waals surface area contributed by atoms with Gasteiger partial charge in [-0.3, -0.25) is 38.9 Å². The van der Waals surface area contributed by atoms with E-state index in [-0.39, 0.29) is 90.0 Å². The SMILES string of the molecule is O=C(Nc1nn[nH]n1)c1cc(-c2ccccc2)cc(-c2ccccc2)n1.O=C(O)c1ccc2c(c1)C(=O)N(c1ccc(-c3nc(Cl)cc(-c4ccccc4)n3)cc1)C2=O.O=C(O)c1ccc2c(c1)C(=O)N(c1ccc(-c3nnc(-c4ccc(N5C(=O)c6ccc(C(=O)O)cc6C5=O)cc4)o3)cc1)C2=O. The van der Waals surface area contributed by atoms with E-state index in [1.165, 1.54) is 78.9 Å². The van der Waals surface area contributed by atoms with Crippen LogP contribution in [0.4, 0.5) is 23.0 Å². The number of aromatic nitrogens is 9. The van der Waals surface area contributed by atoms with E-state index in [1.807, 2.05) is 97.1 Å². The molecule has 4 aromatic heterocycles. The summed E-state index contributed by atoms with van der Waals surface area (Å²) in [5.41, 5.74) is 8.11. The van der Waals surface area contributed by atoms with Crippen molar-refractivity contribution in [2.24, 2.45) is 0 Å². The van der Waals surface area contributed by atoms with Crippen molar-refractivity contribution in [1.29, 1.82) is 0 Å². The van der Waals surface area contributed by atoms with Crippen molar-refractivity contribution < 1.29 is 67.7 Å². The number of tetrazole rings is 1. The van der Waals surface area contributed by atoms with E-state index in [9.17, 15) is 63.3 Å². The molecule has 0 fully saturated rings. The molecule has 5 N–H and O–H groups in total. The van der Waals surface area contributed by atoms with Crippen LogP contribution in [0, 0.1) is 0 Å². The van der Waals surface area contributed by atoms with E-state index < -0.39 is 59.3 Å². The van der Waals surface area contributed by atoms with Crippen molar-refractivity contribution in [3.8, 4) is 67.9 Å². The Labute approximate surface area is 590 Å². The topological polar surface area (TPSA) is 385 Å². The Morgan fingerprint density at radius 1 is 0.375 bits per heavy atom. The summed E-state index contributed by atoms with van der Waals surface area (Å²) in [6.07, 6.45) is 0. The lowest BCUT2D eigenvalue weighted by Crippen LogP contribution is -2.29. The Bertz CT molecular complexity index is 5480. The maximum absolute atomic E-state index is 12.9. The summed E-state index contributed by atoms with van der Waals surface area (Å²) in [5.74, 6) is -6.71. The molecule has 13 aromatic rings. The first-order valence-electron chi connectivity index (χ1n) is 31.0. The van der Waals surface area contributed by atoms with E-state index in [0.717, 1.165) is 37.0 Å². The van der Waals surface area contributed by atoms with Crippen LogP contribution < -0.4 is 20.0 Å². The van der Waals surface area contributed by atoms with Crippen LogP contribution in [0.3, 0.4) is 0 Å². The third-order valence-corrected chi connectivity index (χ3v) is 16.7. The molecule has 0 radical (unpaired) electrons. The minimum Gasteiger partial charge on any atom is -0.478 e. The highest BCUT2D eigenvalue weighted by molar-refractivity contribution is 6.36. The maximum atomic E-state index is 12.9. The maximum Gasteiger partial charge on any atom is 0.335 e. The van der Waals surface area contributed by atoms with Crippen LogP contribution in [0.15, 0.2) is 241 Å². The predicted octanol–water partition coefficient (Wildman–Crippen LogP) is 12.5. The molecule has 3 aliphatic rings. The quantitative estimate of drug-likeness (QED) is 0.0498. The number of anilines is 4. The zero-order valence-electron chi connectivity index (χ0n) is 53.1. The number of amides is 7. The fourth-order valence-electron chi connectivity index (χ4n) is 11.4. The summed E-state index contributed by atoms with van der Waals surface area (Å²) >= 11 is 6.22. The van der Waals surface area contributed by atoms with E-state index in [4.69, 9.17) is 16.0 Å². The first-order chi connectivity index (χ1) is 50.3. The van der Waals surface area contributed by atoms with Gasteiger partial charge in [-0.1, -0.05) is 108 Å². The van der Waals surface area contributed by atoms with Gasteiger partial charge in [0.2, 0.25) is 11.8 Å². The van der Waals surface area contributed by atoms with Gasteiger partial charge in [-0.15, -0.1) is 15.3 Å². The van der Waals surface area contributed by atoms with Crippen LogP contribution in [0.5, 0.6) is 0 Å². The minimum absolute atomic E-state index is 0.00635. The molecule has 7 amide bonds. The van der Waals surface area contributed by atoms with Crippen LogP contribution in [0.1, 0.15) is 104 Å². The summed E-state index contributed by atoms with van der Waals surface area (Å²) in [4.78, 5) is 140. The number of aromatic carboxylic acids is 3. The van der Waals surface area contributed by atoms with Gasteiger partial charge < -0.3 is 19.7 Å². The number of benzene rings is 9. The van der Waals surface area contributed by atoms with Gasteiger partial charge in [-0.05, 0) is 156 Å². The number of hydrogen-bond donors (Lipinski definition) is 5. The zero-order chi connectivity index (χ0) is 72.4. The molecular formula is C76H44ClN13O14. The number of carbonyl (C=O) groups excluding carboxylic acids is 7. The van der Waals surface area contributed by atoms with Gasteiger partial charge >= 0.3 is 17.9 Å². The number of carboxylic acids is 3. The summed E-state index contributed by atoms with van der Waals surface area (Å²) in [6, 6.07) is 65.0. The molecular weight excluding hydrogens is 1350 g/mol. The summed E-state index contributed by atoms with van der Waals surface area (Å²) in [6.45, 7) is 0. The highest BCUT2D eigenvalue weighted by atomic mass is 35.5. The first kappa shape index (κ1) is 66.3. The molecule has 0 bridgehead atoms. The second kappa shape index (κ2) is 27.7. The zero-order valence-corrected chi connectivity index (χ0v) is 53.9. The minimum atomic E-state index is -1.21. The third kappa shape index (κ3) is 13.1. The molecule has 0 spiro atoms. The number of nitrogens with one attached hydrogen (secondary N) is 2. The second-order valence-corrected chi connectivity index (χ2v) is 23.3. The molecule has 27 nitrogen and oxygen atoms in total. The lowest BCUT2D eigenvalue weighted by atomic mass is 10.0. The van der Waals surface area contributed by atoms with E-state index in [0.29, 0.717) is 39.6 Å². The standard InChI is InChI=1S/C32H16N4O9.C25H14ClN3O4.C19H14N6O/c37-27-21-11-5-17(31(41)42)13-23(21)29(39)35(27)19-7-1-15(2-8-19)25-33-34-26(45-25)16-3-9-20(10-4-16)36-28(38)22-12-6-18(32(43)44)14-24(22)30(36)40;26-21-13-20(14-4-2-1-3-5-14)27-22(28-21)15-6-9-17(10-7-15)29-23(30)18-11-8-16(25(32)33)12-19(18)24(29)31;26-18(21-19-22-24-25-23-19)17-12-15(13-7-3-1-4-8-13)11-16(20-17)14-9-5-2-6-10-14/h1-14H,(H,41,42)(H,43,44);1-13H,(H,32,33);1-12H,(H2,21,22,23,24,25,26). The Balaban J connectivity index is 0.000000137. The van der Waals surface area contributed by atoms with Gasteiger partial charge in [0.05, 0.1) is 78.5 Å². The molecule has 0 saturated heterocycles.